The Bertz CT molecular complexity index is 455. The van der Waals surface area contributed by atoms with E-state index in [1.807, 2.05) is 13.0 Å². The molecular weight excluding hydrogens is 254 g/mol. The van der Waals surface area contributed by atoms with Crippen LogP contribution in [0.1, 0.15) is 27.9 Å². The molecule has 0 radical (unpaired) electrons. The molecule has 1 rings (SSSR count). The Balaban J connectivity index is 2.73. The van der Waals surface area contributed by atoms with Gasteiger partial charge < -0.3 is 15.2 Å². The molecule has 1 amide bonds. The smallest absolute Gasteiger partial charge is 0.305 e. The zero-order chi connectivity index (χ0) is 13.7. The van der Waals surface area contributed by atoms with Crippen LogP contribution in [0.3, 0.4) is 0 Å². The molecule has 1 aromatic rings. The molecule has 2 N–H and O–H groups in total. The number of aryl methyl sites for hydroxylation is 1. The SMILES string of the molecule is Cc1ccc(C(=O)NC(CC(=O)O)C(C)C=O)s1. The molecule has 0 bridgehead atoms. The highest BCUT2D eigenvalue weighted by Crippen LogP contribution is 2.16. The fourth-order valence-corrected chi connectivity index (χ4v) is 2.22. The maximum Gasteiger partial charge on any atom is 0.305 e. The van der Waals surface area contributed by atoms with Crippen LogP contribution in [0.4, 0.5) is 0 Å². The van der Waals surface area contributed by atoms with Crippen molar-refractivity contribution >= 4 is 29.5 Å². The van der Waals surface area contributed by atoms with Gasteiger partial charge in [0.05, 0.1) is 11.3 Å². The van der Waals surface area contributed by atoms with Crippen LogP contribution in [-0.4, -0.2) is 29.3 Å². The second-order valence-electron chi connectivity index (χ2n) is 4.08. The summed E-state index contributed by atoms with van der Waals surface area (Å²) in [6, 6.07) is 2.81. The summed E-state index contributed by atoms with van der Waals surface area (Å²) in [5, 5.41) is 11.3. The van der Waals surface area contributed by atoms with E-state index in [4.69, 9.17) is 5.11 Å². The van der Waals surface area contributed by atoms with Crippen LogP contribution in [0.25, 0.3) is 0 Å². The summed E-state index contributed by atoms with van der Waals surface area (Å²) in [7, 11) is 0. The molecule has 18 heavy (non-hydrogen) atoms. The van der Waals surface area contributed by atoms with E-state index in [0.717, 1.165) is 4.88 Å². The number of carbonyl (C=O) groups excluding carboxylic acids is 2. The van der Waals surface area contributed by atoms with Gasteiger partial charge >= 0.3 is 5.97 Å². The number of rotatable bonds is 6. The summed E-state index contributed by atoms with van der Waals surface area (Å²) in [6.45, 7) is 3.46. The van der Waals surface area contributed by atoms with Crippen LogP contribution in [0.15, 0.2) is 12.1 Å². The molecule has 2 atom stereocenters. The Morgan fingerprint density at radius 1 is 1.50 bits per heavy atom. The van der Waals surface area contributed by atoms with Crippen LogP contribution in [-0.2, 0) is 9.59 Å². The predicted molar refractivity (Wildman–Crippen MR) is 67.8 cm³/mol. The molecule has 0 aliphatic carbocycles. The third kappa shape index (κ3) is 3.96. The number of carboxylic acids is 1. The van der Waals surface area contributed by atoms with E-state index in [0.29, 0.717) is 11.2 Å². The second-order valence-corrected chi connectivity index (χ2v) is 5.37. The number of hydrogen-bond donors (Lipinski definition) is 2. The van der Waals surface area contributed by atoms with Gasteiger partial charge in [0.25, 0.3) is 5.91 Å². The van der Waals surface area contributed by atoms with Crippen LogP contribution in [0, 0.1) is 12.8 Å². The average molecular weight is 269 g/mol. The molecule has 1 heterocycles. The highest BCUT2D eigenvalue weighted by Gasteiger charge is 2.23. The maximum atomic E-state index is 11.9. The summed E-state index contributed by atoms with van der Waals surface area (Å²) in [5.74, 6) is -1.92. The third-order valence-electron chi connectivity index (χ3n) is 2.52. The molecular formula is C12H15NO4S. The molecule has 2 unspecified atom stereocenters. The van der Waals surface area contributed by atoms with Crippen molar-refractivity contribution in [3.05, 3.63) is 21.9 Å². The second kappa shape index (κ2) is 6.30. The topological polar surface area (TPSA) is 83.5 Å². The Labute approximate surface area is 109 Å². The highest BCUT2D eigenvalue weighted by molar-refractivity contribution is 7.13. The molecule has 5 nitrogen and oxygen atoms in total. The molecule has 0 fully saturated rings. The largest absolute Gasteiger partial charge is 0.481 e. The van der Waals surface area contributed by atoms with Crippen LogP contribution >= 0.6 is 11.3 Å². The Morgan fingerprint density at radius 2 is 2.17 bits per heavy atom. The average Bonchev–Trinajstić information content (AvgIpc) is 2.73. The monoisotopic (exact) mass is 269 g/mol. The zero-order valence-electron chi connectivity index (χ0n) is 10.2. The molecule has 98 valence electrons. The fraction of sp³-hybridized carbons (Fsp3) is 0.417. The number of aldehydes is 1. The summed E-state index contributed by atoms with van der Waals surface area (Å²) in [6.07, 6.45) is 0.379. The first-order valence-electron chi connectivity index (χ1n) is 5.48. The van der Waals surface area contributed by atoms with Crippen molar-refractivity contribution in [2.45, 2.75) is 26.3 Å². The van der Waals surface area contributed by atoms with Crippen LogP contribution < -0.4 is 5.32 Å². The van der Waals surface area contributed by atoms with Gasteiger partial charge in [-0.3, -0.25) is 9.59 Å². The van der Waals surface area contributed by atoms with Gasteiger partial charge in [0.1, 0.15) is 6.29 Å². The molecule has 0 aliphatic heterocycles. The number of carboxylic acid groups (broad SMARTS) is 1. The van der Waals surface area contributed by atoms with E-state index >= 15 is 0 Å². The normalized spacial score (nSPS) is 13.7. The van der Waals surface area contributed by atoms with Gasteiger partial charge in [-0.2, -0.15) is 0 Å². The lowest BCUT2D eigenvalue weighted by molar-refractivity contribution is -0.137. The lowest BCUT2D eigenvalue weighted by Crippen LogP contribution is -2.41. The highest BCUT2D eigenvalue weighted by atomic mass is 32.1. The first kappa shape index (κ1) is 14.4. The first-order valence-corrected chi connectivity index (χ1v) is 6.30. The van der Waals surface area contributed by atoms with Crippen LogP contribution in [0.2, 0.25) is 0 Å². The van der Waals surface area contributed by atoms with E-state index in [1.54, 1.807) is 13.0 Å². The fourth-order valence-electron chi connectivity index (χ4n) is 1.45. The van der Waals surface area contributed by atoms with Gasteiger partial charge in [-0.1, -0.05) is 6.92 Å². The van der Waals surface area contributed by atoms with E-state index in [9.17, 15) is 14.4 Å². The third-order valence-corrected chi connectivity index (χ3v) is 3.52. The Morgan fingerprint density at radius 3 is 2.61 bits per heavy atom. The zero-order valence-corrected chi connectivity index (χ0v) is 11.0. The van der Waals surface area contributed by atoms with E-state index in [1.165, 1.54) is 11.3 Å². The van der Waals surface area contributed by atoms with Gasteiger partial charge in [-0.05, 0) is 19.1 Å². The summed E-state index contributed by atoms with van der Waals surface area (Å²) in [5.41, 5.74) is 0. The molecule has 0 saturated carbocycles. The van der Waals surface area contributed by atoms with Crippen molar-refractivity contribution in [1.29, 1.82) is 0 Å². The number of hydrogen-bond acceptors (Lipinski definition) is 4. The van der Waals surface area contributed by atoms with E-state index in [-0.39, 0.29) is 12.3 Å². The van der Waals surface area contributed by atoms with Gasteiger partial charge in [-0.25, -0.2) is 0 Å². The van der Waals surface area contributed by atoms with E-state index < -0.39 is 17.9 Å². The standard InChI is InChI=1S/C12H15NO4S/c1-7(6-14)9(5-11(15)16)13-12(17)10-4-3-8(2)18-10/h3-4,6-7,9H,5H2,1-2H3,(H,13,17)(H,15,16). The van der Waals surface area contributed by atoms with Crippen molar-refractivity contribution in [3.8, 4) is 0 Å². The first-order chi connectivity index (χ1) is 8.43. The molecule has 0 aromatic carbocycles. The van der Waals surface area contributed by atoms with Crippen molar-refractivity contribution < 1.29 is 19.5 Å². The van der Waals surface area contributed by atoms with Gasteiger partial charge in [0.15, 0.2) is 0 Å². The number of aliphatic carboxylic acids is 1. The minimum atomic E-state index is -1.05. The Kier molecular flexibility index (Phi) is 5.03. The predicted octanol–water partition coefficient (Wildman–Crippen LogP) is 1.46. The maximum absolute atomic E-state index is 11.9. The molecule has 6 heteroatoms. The quantitative estimate of drug-likeness (QED) is 0.766. The number of thiophene rings is 1. The summed E-state index contributed by atoms with van der Waals surface area (Å²) >= 11 is 1.33. The van der Waals surface area contributed by atoms with Crippen molar-refractivity contribution in [2.24, 2.45) is 5.92 Å². The summed E-state index contributed by atoms with van der Waals surface area (Å²) in [4.78, 5) is 34.8. The number of carbonyl (C=O) groups is 3. The van der Waals surface area contributed by atoms with E-state index in [2.05, 4.69) is 5.32 Å². The minimum absolute atomic E-state index is 0.268. The summed E-state index contributed by atoms with van der Waals surface area (Å²) < 4.78 is 0. The van der Waals surface area contributed by atoms with Crippen molar-refractivity contribution in [3.63, 3.8) is 0 Å². The molecule has 0 saturated heterocycles. The minimum Gasteiger partial charge on any atom is -0.481 e. The van der Waals surface area contributed by atoms with Crippen molar-refractivity contribution in [2.75, 3.05) is 0 Å². The Hall–Kier alpha value is -1.69. The van der Waals surface area contributed by atoms with Crippen molar-refractivity contribution in [1.82, 2.24) is 5.32 Å². The lowest BCUT2D eigenvalue weighted by Gasteiger charge is -2.19. The number of nitrogens with one attached hydrogen (secondary N) is 1. The van der Waals surface area contributed by atoms with Gasteiger partial charge in [-0.15, -0.1) is 11.3 Å². The number of amides is 1. The molecule has 1 aromatic heterocycles. The molecule has 0 spiro atoms. The molecule has 0 aliphatic rings. The van der Waals surface area contributed by atoms with Crippen LogP contribution in [0.5, 0.6) is 0 Å². The lowest BCUT2D eigenvalue weighted by atomic mass is 10.0. The van der Waals surface area contributed by atoms with Gasteiger partial charge in [0.2, 0.25) is 0 Å². The van der Waals surface area contributed by atoms with Gasteiger partial charge in [0, 0.05) is 16.8 Å².